The third-order valence-corrected chi connectivity index (χ3v) is 4.41. The number of para-hydroxylation sites is 1. The van der Waals surface area contributed by atoms with Crippen LogP contribution >= 0.6 is 0 Å². The summed E-state index contributed by atoms with van der Waals surface area (Å²) in [4.78, 5) is 24.8. The van der Waals surface area contributed by atoms with Crippen molar-refractivity contribution in [2.75, 3.05) is 18.5 Å². The van der Waals surface area contributed by atoms with Gasteiger partial charge in [0.05, 0.1) is 22.9 Å². The van der Waals surface area contributed by atoms with E-state index in [4.69, 9.17) is 4.74 Å². The lowest BCUT2D eigenvalue weighted by Gasteiger charge is -2.14. The summed E-state index contributed by atoms with van der Waals surface area (Å²) in [5.74, 6) is -0.966. The maximum atomic E-state index is 12.6. The summed E-state index contributed by atoms with van der Waals surface area (Å²) in [6.45, 7) is 1.06. The second-order valence-corrected chi connectivity index (χ2v) is 6.42. The molecule has 2 amide bonds. The number of ether oxygens (including phenoxy) is 1. The highest BCUT2D eigenvalue weighted by Crippen LogP contribution is 2.29. The number of alkyl halides is 3. The highest BCUT2D eigenvalue weighted by molar-refractivity contribution is 6.09. The summed E-state index contributed by atoms with van der Waals surface area (Å²) < 4.78 is 43.4. The van der Waals surface area contributed by atoms with Crippen LogP contribution in [0.25, 0.3) is 0 Å². The number of carbonyl (C=O) groups is 2. The predicted octanol–water partition coefficient (Wildman–Crippen LogP) is 3.87. The topological polar surface area (TPSA) is 67.4 Å². The number of halogens is 3. The van der Waals surface area contributed by atoms with Crippen molar-refractivity contribution < 1.29 is 27.5 Å². The van der Waals surface area contributed by atoms with Gasteiger partial charge in [-0.3, -0.25) is 9.59 Å². The van der Waals surface area contributed by atoms with Crippen LogP contribution in [0.5, 0.6) is 0 Å². The second kappa shape index (κ2) is 8.43. The van der Waals surface area contributed by atoms with Crippen molar-refractivity contribution in [2.24, 2.45) is 0 Å². The second-order valence-electron chi connectivity index (χ2n) is 6.42. The molecule has 1 fully saturated rings. The molecule has 0 saturated carbocycles. The van der Waals surface area contributed by atoms with E-state index >= 15 is 0 Å². The molecular weight excluding hydrogens is 373 g/mol. The first-order valence-corrected chi connectivity index (χ1v) is 8.82. The Labute approximate surface area is 159 Å². The minimum atomic E-state index is -4.47. The van der Waals surface area contributed by atoms with Gasteiger partial charge in [-0.15, -0.1) is 0 Å². The standard InChI is InChI=1S/C20H19F3N2O3/c21-20(22,23)14-9-7-13(8-10-14)18(26)25-17-6-2-1-5-16(17)19(27)24-12-15-4-3-11-28-15/h1-2,5-10,15H,3-4,11-12H2,(H,24,27)(H,25,26). The summed E-state index contributed by atoms with van der Waals surface area (Å²) in [6, 6.07) is 10.3. The van der Waals surface area contributed by atoms with Crippen LogP contribution in [0, 0.1) is 0 Å². The molecule has 1 heterocycles. The molecule has 5 nitrogen and oxygen atoms in total. The monoisotopic (exact) mass is 392 g/mol. The van der Waals surface area contributed by atoms with Crippen molar-refractivity contribution in [3.05, 3.63) is 65.2 Å². The van der Waals surface area contributed by atoms with Crippen molar-refractivity contribution in [3.8, 4) is 0 Å². The van der Waals surface area contributed by atoms with Crippen LogP contribution in [0.1, 0.15) is 39.1 Å². The number of hydrogen-bond acceptors (Lipinski definition) is 3. The van der Waals surface area contributed by atoms with E-state index in [-0.39, 0.29) is 28.8 Å². The van der Waals surface area contributed by atoms with Crippen molar-refractivity contribution in [3.63, 3.8) is 0 Å². The van der Waals surface area contributed by atoms with Crippen LogP contribution in [0.3, 0.4) is 0 Å². The van der Waals surface area contributed by atoms with Gasteiger partial charge in [0.15, 0.2) is 0 Å². The Hall–Kier alpha value is -2.87. The highest BCUT2D eigenvalue weighted by Gasteiger charge is 2.30. The van der Waals surface area contributed by atoms with Gasteiger partial charge in [-0.1, -0.05) is 12.1 Å². The molecule has 0 aliphatic carbocycles. The molecule has 148 valence electrons. The quantitative estimate of drug-likeness (QED) is 0.812. The maximum absolute atomic E-state index is 12.6. The van der Waals surface area contributed by atoms with Gasteiger partial charge in [-0.25, -0.2) is 0 Å². The number of rotatable bonds is 5. The number of benzene rings is 2. The third kappa shape index (κ3) is 4.89. The van der Waals surface area contributed by atoms with Crippen molar-refractivity contribution in [1.82, 2.24) is 5.32 Å². The van der Waals surface area contributed by atoms with Crippen LogP contribution < -0.4 is 10.6 Å². The Morgan fingerprint density at radius 2 is 1.75 bits per heavy atom. The number of amides is 2. The molecule has 1 aliphatic heterocycles. The molecule has 28 heavy (non-hydrogen) atoms. The first-order valence-electron chi connectivity index (χ1n) is 8.82. The fourth-order valence-corrected chi connectivity index (χ4v) is 2.90. The lowest BCUT2D eigenvalue weighted by molar-refractivity contribution is -0.137. The summed E-state index contributed by atoms with van der Waals surface area (Å²) >= 11 is 0. The molecule has 1 aliphatic rings. The molecule has 0 bridgehead atoms. The van der Waals surface area contributed by atoms with Gasteiger partial charge >= 0.3 is 6.18 Å². The zero-order chi connectivity index (χ0) is 20.1. The molecule has 0 spiro atoms. The normalized spacial score (nSPS) is 16.6. The smallest absolute Gasteiger partial charge is 0.376 e. The van der Waals surface area contributed by atoms with Gasteiger partial charge < -0.3 is 15.4 Å². The Bertz CT molecular complexity index is 845. The lowest BCUT2D eigenvalue weighted by Crippen LogP contribution is -2.32. The minimum absolute atomic E-state index is 0.0159. The number of hydrogen-bond donors (Lipinski definition) is 2. The Morgan fingerprint density at radius 3 is 2.39 bits per heavy atom. The molecule has 2 aromatic carbocycles. The molecule has 0 radical (unpaired) electrons. The van der Waals surface area contributed by atoms with E-state index in [1.54, 1.807) is 24.3 Å². The van der Waals surface area contributed by atoms with Gasteiger partial charge in [-0.2, -0.15) is 13.2 Å². The molecule has 1 saturated heterocycles. The fraction of sp³-hybridized carbons (Fsp3) is 0.300. The van der Waals surface area contributed by atoms with Crippen LogP contribution in [0.4, 0.5) is 18.9 Å². The summed E-state index contributed by atoms with van der Waals surface area (Å²) in [5.41, 5.74) is -0.237. The molecule has 1 unspecified atom stereocenters. The largest absolute Gasteiger partial charge is 0.416 e. The van der Waals surface area contributed by atoms with E-state index in [1.165, 1.54) is 0 Å². The highest BCUT2D eigenvalue weighted by atomic mass is 19.4. The van der Waals surface area contributed by atoms with E-state index in [9.17, 15) is 22.8 Å². The van der Waals surface area contributed by atoms with Crippen molar-refractivity contribution in [1.29, 1.82) is 0 Å². The third-order valence-electron chi connectivity index (χ3n) is 4.41. The van der Waals surface area contributed by atoms with Crippen LogP contribution in [-0.4, -0.2) is 31.1 Å². The zero-order valence-corrected chi connectivity index (χ0v) is 14.9. The van der Waals surface area contributed by atoms with Crippen LogP contribution in [0.15, 0.2) is 48.5 Å². The molecular formula is C20H19F3N2O3. The first kappa shape index (κ1) is 19.9. The van der Waals surface area contributed by atoms with E-state index in [2.05, 4.69) is 10.6 Å². The van der Waals surface area contributed by atoms with Crippen LogP contribution in [0.2, 0.25) is 0 Å². The molecule has 3 rings (SSSR count). The van der Waals surface area contributed by atoms with E-state index in [0.29, 0.717) is 13.2 Å². The van der Waals surface area contributed by atoms with E-state index in [0.717, 1.165) is 37.1 Å². The molecule has 8 heteroatoms. The van der Waals surface area contributed by atoms with Crippen LogP contribution in [-0.2, 0) is 10.9 Å². The summed E-state index contributed by atoms with van der Waals surface area (Å²) in [5, 5.41) is 5.36. The lowest BCUT2D eigenvalue weighted by atomic mass is 10.1. The van der Waals surface area contributed by atoms with Gasteiger partial charge in [0.1, 0.15) is 0 Å². The van der Waals surface area contributed by atoms with E-state index < -0.39 is 17.6 Å². The molecule has 2 aromatic rings. The van der Waals surface area contributed by atoms with Gasteiger partial charge in [0, 0.05) is 18.7 Å². The molecule has 1 atom stereocenters. The predicted molar refractivity (Wildman–Crippen MR) is 97.1 cm³/mol. The average Bonchev–Trinajstić information content (AvgIpc) is 3.19. The van der Waals surface area contributed by atoms with Gasteiger partial charge in [-0.05, 0) is 49.2 Å². The van der Waals surface area contributed by atoms with Crippen molar-refractivity contribution in [2.45, 2.75) is 25.1 Å². The van der Waals surface area contributed by atoms with Crippen molar-refractivity contribution >= 4 is 17.5 Å². The zero-order valence-electron chi connectivity index (χ0n) is 14.9. The number of nitrogens with one attached hydrogen (secondary N) is 2. The Balaban J connectivity index is 1.68. The molecule has 2 N–H and O–H groups in total. The SMILES string of the molecule is O=C(Nc1ccccc1C(=O)NCC1CCCO1)c1ccc(C(F)(F)F)cc1. The molecule has 0 aromatic heterocycles. The Kier molecular flexibility index (Phi) is 5.99. The summed E-state index contributed by atoms with van der Waals surface area (Å²) in [7, 11) is 0. The number of carbonyl (C=O) groups excluding carboxylic acids is 2. The van der Waals surface area contributed by atoms with E-state index in [1.807, 2.05) is 0 Å². The van der Waals surface area contributed by atoms with Gasteiger partial charge in [0.2, 0.25) is 0 Å². The minimum Gasteiger partial charge on any atom is -0.376 e. The fourth-order valence-electron chi connectivity index (χ4n) is 2.90. The first-order chi connectivity index (χ1) is 13.3. The average molecular weight is 392 g/mol. The number of anilines is 1. The van der Waals surface area contributed by atoms with Gasteiger partial charge in [0.25, 0.3) is 11.8 Å². The summed E-state index contributed by atoms with van der Waals surface area (Å²) in [6.07, 6.45) is -2.65. The maximum Gasteiger partial charge on any atom is 0.416 e. The Morgan fingerprint density at radius 1 is 1.04 bits per heavy atom.